The van der Waals surface area contributed by atoms with E-state index in [-0.39, 0.29) is 16.4 Å². The Morgan fingerprint density at radius 2 is 2.19 bits per heavy atom. The Balaban J connectivity index is 2.68. The van der Waals surface area contributed by atoms with Gasteiger partial charge in [-0.15, -0.1) is 0 Å². The molecule has 0 radical (unpaired) electrons. The smallest absolute Gasteiger partial charge is 0.133 e. The van der Waals surface area contributed by atoms with Gasteiger partial charge in [0.1, 0.15) is 10.8 Å². The van der Waals surface area contributed by atoms with Crippen LogP contribution in [0.1, 0.15) is 25.0 Å². The zero-order chi connectivity index (χ0) is 12.1. The van der Waals surface area contributed by atoms with Crippen molar-refractivity contribution in [1.82, 2.24) is 0 Å². The number of thiocarbonyl (C=S) groups is 1. The van der Waals surface area contributed by atoms with Gasteiger partial charge in [0.25, 0.3) is 0 Å². The molecule has 0 aliphatic carbocycles. The third kappa shape index (κ3) is 3.87. The number of benzene rings is 1. The maximum Gasteiger partial charge on any atom is 0.133 e. The molecule has 0 aliphatic rings. The Kier molecular flexibility index (Phi) is 4.83. The highest BCUT2D eigenvalue weighted by molar-refractivity contribution is 7.80. The summed E-state index contributed by atoms with van der Waals surface area (Å²) >= 11 is 4.76. The van der Waals surface area contributed by atoms with Crippen LogP contribution in [0.15, 0.2) is 18.2 Å². The molecule has 0 atom stereocenters. The lowest BCUT2D eigenvalue weighted by Gasteiger charge is -2.08. The maximum absolute atomic E-state index is 13.3. The summed E-state index contributed by atoms with van der Waals surface area (Å²) < 4.78 is 18.7. The van der Waals surface area contributed by atoms with Crippen molar-refractivity contribution in [3.63, 3.8) is 0 Å². The highest BCUT2D eigenvalue weighted by Gasteiger charge is 2.06. The van der Waals surface area contributed by atoms with Crippen molar-refractivity contribution in [1.29, 1.82) is 0 Å². The summed E-state index contributed by atoms with van der Waals surface area (Å²) in [5.74, 6) is 0.0932. The third-order valence-corrected chi connectivity index (χ3v) is 2.24. The van der Waals surface area contributed by atoms with Crippen LogP contribution >= 0.6 is 12.2 Å². The number of hydrogen-bond donors (Lipinski definition) is 1. The highest BCUT2D eigenvalue weighted by Crippen LogP contribution is 2.12. The molecule has 1 aromatic rings. The summed E-state index contributed by atoms with van der Waals surface area (Å²) in [6.45, 7) is 5.28. The van der Waals surface area contributed by atoms with Crippen molar-refractivity contribution >= 4 is 17.2 Å². The van der Waals surface area contributed by atoms with Crippen molar-refractivity contribution in [2.75, 3.05) is 6.61 Å². The van der Waals surface area contributed by atoms with Crippen molar-refractivity contribution in [2.45, 2.75) is 20.5 Å². The molecule has 0 bridgehead atoms. The lowest BCUT2D eigenvalue weighted by molar-refractivity contribution is 0.0970. The van der Waals surface area contributed by atoms with Crippen LogP contribution in [0.2, 0.25) is 0 Å². The van der Waals surface area contributed by atoms with Crippen LogP contribution < -0.4 is 5.73 Å². The van der Waals surface area contributed by atoms with Gasteiger partial charge in [0, 0.05) is 12.2 Å². The van der Waals surface area contributed by atoms with Crippen LogP contribution in [-0.2, 0) is 11.3 Å². The molecule has 2 nitrogen and oxygen atoms in total. The summed E-state index contributed by atoms with van der Waals surface area (Å²) in [5, 5.41) is 0. The van der Waals surface area contributed by atoms with Crippen molar-refractivity contribution in [3.8, 4) is 0 Å². The van der Waals surface area contributed by atoms with E-state index in [0.717, 1.165) is 5.56 Å². The fourth-order valence-electron chi connectivity index (χ4n) is 1.26. The average Bonchev–Trinajstić information content (AvgIpc) is 2.19. The third-order valence-electron chi connectivity index (χ3n) is 2.02. The maximum atomic E-state index is 13.3. The molecule has 1 rings (SSSR count). The molecular weight excluding hydrogens is 225 g/mol. The predicted molar refractivity (Wildman–Crippen MR) is 66.8 cm³/mol. The van der Waals surface area contributed by atoms with E-state index in [4.69, 9.17) is 22.7 Å². The van der Waals surface area contributed by atoms with Gasteiger partial charge in [-0.05, 0) is 23.6 Å². The molecule has 88 valence electrons. The van der Waals surface area contributed by atoms with Crippen LogP contribution in [0.4, 0.5) is 4.39 Å². The van der Waals surface area contributed by atoms with Gasteiger partial charge in [0.2, 0.25) is 0 Å². The van der Waals surface area contributed by atoms with Gasteiger partial charge in [0.15, 0.2) is 0 Å². The molecular formula is C12H16FNOS. The molecule has 2 N–H and O–H groups in total. The van der Waals surface area contributed by atoms with Gasteiger partial charge in [-0.1, -0.05) is 32.1 Å². The molecule has 0 amide bonds. The van der Waals surface area contributed by atoms with Crippen LogP contribution in [0.3, 0.4) is 0 Å². The largest absolute Gasteiger partial charge is 0.389 e. The molecule has 0 spiro atoms. The summed E-state index contributed by atoms with van der Waals surface area (Å²) in [6, 6.07) is 4.68. The topological polar surface area (TPSA) is 35.2 Å². The van der Waals surface area contributed by atoms with Crippen molar-refractivity contribution in [3.05, 3.63) is 35.1 Å². The van der Waals surface area contributed by atoms with E-state index >= 15 is 0 Å². The Bertz CT molecular complexity index is 379. The zero-order valence-corrected chi connectivity index (χ0v) is 10.3. The summed E-state index contributed by atoms with van der Waals surface area (Å²) in [7, 11) is 0. The average molecular weight is 241 g/mol. The molecule has 0 aliphatic heterocycles. The van der Waals surface area contributed by atoms with Gasteiger partial charge in [-0.3, -0.25) is 0 Å². The molecule has 1 aromatic carbocycles. The summed E-state index contributed by atoms with van der Waals surface area (Å²) in [6.07, 6.45) is 0. The molecule has 0 fully saturated rings. The van der Waals surface area contributed by atoms with Gasteiger partial charge >= 0.3 is 0 Å². The number of nitrogens with two attached hydrogens (primary N) is 1. The first-order chi connectivity index (χ1) is 7.50. The molecule has 4 heteroatoms. The van der Waals surface area contributed by atoms with E-state index in [0.29, 0.717) is 19.1 Å². The molecule has 0 aromatic heterocycles. The minimum atomic E-state index is -0.389. The fourth-order valence-corrected chi connectivity index (χ4v) is 1.42. The SMILES string of the molecule is CC(C)COCc1ccc(F)c(C(N)=S)c1. The second-order valence-corrected chi connectivity index (χ2v) is 4.53. The number of ether oxygens (including phenoxy) is 1. The second kappa shape index (κ2) is 5.92. The van der Waals surface area contributed by atoms with Crippen LogP contribution in [0.25, 0.3) is 0 Å². The van der Waals surface area contributed by atoms with E-state index in [1.165, 1.54) is 6.07 Å². The normalized spacial score (nSPS) is 10.8. The van der Waals surface area contributed by atoms with Gasteiger partial charge < -0.3 is 10.5 Å². The Hall–Kier alpha value is -1.00. The monoisotopic (exact) mass is 241 g/mol. The minimum absolute atomic E-state index is 0.0724. The van der Waals surface area contributed by atoms with Crippen LogP contribution in [-0.4, -0.2) is 11.6 Å². The highest BCUT2D eigenvalue weighted by atomic mass is 32.1. The van der Waals surface area contributed by atoms with E-state index in [9.17, 15) is 4.39 Å². The zero-order valence-electron chi connectivity index (χ0n) is 9.50. The first kappa shape index (κ1) is 13.1. The lowest BCUT2D eigenvalue weighted by Crippen LogP contribution is -2.12. The van der Waals surface area contributed by atoms with Crippen molar-refractivity contribution in [2.24, 2.45) is 11.7 Å². The fraction of sp³-hybridized carbons (Fsp3) is 0.417. The van der Waals surface area contributed by atoms with E-state index in [2.05, 4.69) is 13.8 Å². The Morgan fingerprint density at radius 3 is 2.75 bits per heavy atom. The minimum Gasteiger partial charge on any atom is -0.389 e. The Labute approximate surface area is 101 Å². The molecule has 0 unspecified atom stereocenters. The van der Waals surface area contributed by atoms with E-state index < -0.39 is 0 Å². The standard InChI is InChI=1S/C12H16FNOS/c1-8(2)6-15-7-9-3-4-11(13)10(5-9)12(14)16/h3-5,8H,6-7H2,1-2H3,(H2,14,16). The van der Waals surface area contributed by atoms with Gasteiger partial charge in [-0.25, -0.2) is 4.39 Å². The summed E-state index contributed by atoms with van der Waals surface area (Å²) in [4.78, 5) is 0.0724. The van der Waals surface area contributed by atoms with E-state index in [1.807, 2.05) is 0 Å². The summed E-state index contributed by atoms with van der Waals surface area (Å²) in [5.41, 5.74) is 6.57. The number of halogens is 1. The van der Waals surface area contributed by atoms with E-state index in [1.54, 1.807) is 12.1 Å². The molecule has 16 heavy (non-hydrogen) atoms. The first-order valence-corrected chi connectivity index (χ1v) is 5.57. The quantitative estimate of drug-likeness (QED) is 0.805. The van der Waals surface area contributed by atoms with Gasteiger partial charge in [-0.2, -0.15) is 0 Å². The van der Waals surface area contributed by atoms with Crippen molar-refractivity contribution < 1.29 is 9.13 Å². The predicted octanol–water partition coefficient (Wildman–Crippen LogP) is 2.63. The molecule has 0 heterocycles. The van der Waals surface area contributed by atoms with Crippen LogP contribution in [0, 0.1) is 11.7 Å². The number of hydrogen-bond acceptors (Lipinski definition) is 2. The van der Waals surface area contributed by atoms with Gasteiger partial charge in [0.05, 0.1) is 6.61 Å². The molecule has 0 saturated carbocycles. The molecule has 0 saturated heterocycles. The first-order valence-electron chi connectivity index (χ1n) is 5.16. The second-order valence-electron chi connectivity index (χ2n) is 4.09. The van der Waals surface area contributed by atoms with Crippen LogP contribution in [0.5, 0.6) is 0 Å². The Morgan fingerprint density at radius 1 is 1.50 bits per heavy atom. The lowest BCUT2D eigenvalue weighted by atomic mass is 10.1. The number of rotatable bonds is 5.